The number of hydrogen-bond acceptors (Lipinski definition) is 6. The molecule has 3 rings (SSSR count). The highest BCUT2D eigenvalue weighted by Crippen LogP contribution is 2.34. The topological polar surface area (TPSA) is 80.3 Å². The second-order valence-electron chi connectivity index (χ2n) is 7.34. The lowest BCUT2D eigenvalue weighted by Gasteiger charge is -2.34. The molecular formula is C23H28FN3O5. The number of carbonyl (C=O) groups is 2. The predicted molar refractivity (Wildman–Crippen MR) is 117 cm³/mol. The van der Waals surface area contributed by atoms with Gasteiger partial charge in [0.2, 0.25) is 5.91 Å². The molecule has 0 radical (unpaired) electrons. The monoisotopic (exact) mass is 445 g/mol. The molecule has 0 unspecified atom stereocenters. The van der Waals surface area contributed by atoms with Gasteiger partial charge in [-0.3, -0.25) is 14.5 Å². The van der Waals surface area contributed by atoms with Gasteiger partial charge < -0.3 is 24.4 Å². The summed E-state index contributed by atoms with van der Waals surface area (Å²) >= 11 is 0. The van der Waals surface area contributed by atoms with Crippen LogP contribution in [0, 0.1) is 5.82 Å². The summed E-state index contributed by atoms with van der Waals surface area (Å²) in [5.74, 6) is 0.687. The van der Waals surface area contributed by atoms with Gasteiger partial charge in [-0.2, -0.15) is 0 Å². The number of rotatable bonds is 8. The van der Waals surface area contributed by atoms with E-state index < -0.39 is 5.82 Å². The zero-order chi connectivity index (χ0) is 23.1. The molecule has 1 aliphatic rings. The minimum absolute atomic E-state index is 0.0718. The number of nitrogens with one attached hydrogen (secondary N) is 1. The average Bonchev–Trinajstić information content (AvgIpc) is 2.82. The van der Waals surface area contributed by atoms with Crippen molar-refractivity contribution in [2.24, 2.45) is 0 Å². The van der Waals surface area contributed by atoms with Crippen molar-refractivity contribution in [1.82, 2.24) is 15.1 Å². The number of carbonyl (C=O) groups excluding carboxylic acids is 2. The van der Waals surface area contributed by atoms with Crippen molar-refractivity contribution in [1.29, 1.82) is 0 Å². The Morgan fingerprint density at radius 3 is 2.19 bits per heavy atom. The Labute approximate surface area is 186 Å². The van der Waals surface area contributed by atoms with E-state index in [1.165, 1.54) is 12.1 Å². The Balaban J connectivity index is 1.51. The highest BCUT2D eigenvalue weighted by atomic mass is 19.1. The van der Waals surface area contributed by atoms with Gasteiger partial charge in [-0.25, -0.2) is 4.39 Å². The van der Waals surface area contributed by atoms with Crippen molar-refractivity contribution in [2.75, 3.05) is 54.1 Å². The molecule has 1 heterocycles. The zero-order valence-electron chi connectivity index (χ0n) is 18.5. The fourth-order valence-corrected chi connectivity index (χ4v) is 3.60. The highest BCUT2D eigenvalue weighted by Gasteiger charge is 2.25. The van der Waals surface area contributed by atoms with E-state index in [0.717, 1.165) is 5.56 Å². The van der Waals surface area contributed by atoms with Gasteiger partial charge in [0.15, 0.2) is 11.5 Å². The molecule has 8 nitrogen and oxygen atoms in total. The predicted octanol–water partition coefficient (Wildman–Crippen LogP) is 1.93. The van der Waals surface area contributed by atoms with Crippen LogP contribution in [0.15, 0.2) is 36.4 Å². The minimum Gasteiger partial charge on any atom is -0.496 e. The lowest BCUT2D eigenvalue weighted by atomic mass is 10.1. The Hall–Kier alpha value is -3.33. The molecule has 2 amide bonds. The van der Waals surface area contributed by atoms with Crippen LogP contribution in [0.3, 0.4) is 0 Å². The zero-order valence-corrected chi connectivity index (χ0v) is 18.5. The summed E-state index contributed by atoms with van der Waals surface area (Å²) in [5.41, 5.74) is 0.835. The third-order valence-corrected chi connectivity index (χ3v) is 5.39. The van der Waals surface area contributed by atoms with Gasteiger partial charge in [0.25, 0.3) is 5.91 Å². The quantitative estimate of drug-likeness (QED) is 0.669. The summed E-state index contributed by atoms with van der Waals surface area (Å²) < 4.78 is 29.9. The molecule has 0 saturated carbocycles. The van der Waals surface area contributed by atoms with Crippen molar-refractivity contribution in [3.63, 3.8) is 0 Å². The molecule has 0 bridgehead atoms. The average molecular weight is 445 g/mol. The number of benzene rings is 2. The SMILES string of the molecule is COc1cc(OC)c(OC)cc1CNC(=O)CN1CCN(C(=O)c2ccccc2F)CC1. The van der Waals surface area contributed by atoms with Crippen LogP contribution < -0.4 is 19.5 Å². The molecule has 0 atom stereocenters. The van der Waals surface area contributed by atoms with Crippen LogP contribution in [0.1, 0.15) is 15.9 Å². The van der Waals surface area contributed by atoms with Gasteiger partial charge in [-0.1, -0.05) is 12.1 Å². The lowest BCUT2D eigenvalue weighted by Crippen LogP contribution is -2.51. The number of methoxy groups -OCH3 is 3. The molecule has 9 heteroatoms. The standard InChI is InChI=1S/C23H28FN3O5/c1-30-19-13-21(32-3)20(31-2)12-16(19)14-25-22(28)15-26-8-10-27(11-9-26)23(29)17-6-4-5-7-18(17)24/h4-7,12-13H,8-11,14-15H2,1-3H3,(H,25,28). The first-order chi connectivity index (χ1) is 15.5. The fourth-order valence-electron chi connectivity index (χ4n) is 3.60. The van der Waals surface area contributed by atoms with Gasteiger partial charge in [0.05, 0.1) is 33.4 Å². The normalized spacial score (nSPS) is 14.1. The summed E-state index contributed by atoms with van der Waals surface area (Å²) in [4.78, 5) is 28.6. The maximum atomic E-state index is 13.9. The molecule has 1 N–H and O–H groups in total. The molecule has 172 valence electrons. The second-order valence-corrected chi connectivity index (χ2v) is 7.34. The molecule has 2 aromatic rings. The van der Waals surface area contributed by atoms with E-state index in [1.807, 2.05) is 4.90 Å². The maximum absolute atomic E-state index is 13.9. The number of halogens is 1. The van der Waals surface area contributed by atoms with Crippen LogP contribution in [-0.2, 0) is 11.3 Å². The van der Waals surface area contributed by atoms with Crippen LogP contribution in [0.25, 0.3) is 0 Å². The molecule has 1 saturated heterocycles. The van der Waals surface area contributed by atoms with Crippen LogP contribution in [0.2, 0.25) is 0 Å². The van der Waals surface area contributed by atoms with E-state index in [-0.39, 0.29) is 30.5 Å². The van der Waals surface area contributed by atoms with E-state index in [0.29, 0.717) is 43.4 Å². The smallest absolute Gasteiger partial charge is 0.256 e. The van der Waals surface area contributed by atoms with E-state index in [2.05, 4.69) is 5.32 Å². The molecule has 1 aliphatic heterocycles. The second kappa shape index (κ2) is 10.8. The molecule has 1 fully saturated rings. The van der Waals surface area contributed by atoms with Crippen molar-refractivity contribution in [2.45, 2.75) is 6.54 Å². The van der Waals surface area contributed by atoms with E-state index in [9.17, 15) is 14.0 Å². The van der Waals surface area contributed by atoms with Crippen molar-refractivity contribution in [3.8, 4) is 17.2 Å². The molecule has 32 heavy (non-hydrogen) atoms. The van der Waals surface area contributed by atoms with E-state index in [4.69, 9.17) is 14.2 Å². The first-order valence-electron chi connectivity index (χ1n) is 10.3. The van der Waals surface area contributed by atoms with E-state index >= 15 is 0 Å². The number of ether oxygens (including phenoxy) is 3. The van der Waals surface area contributed by atoms with Crippen LogP contribution in [-0.4, -0.2) is 75.7 Å². The van der Waals surface area contributed by atoms with Gasteiger partial charge in [0.1, 0.15) is 11.6 Å². The summed E-state index contributed by atoms with van der Waals surface area (Å²) in [5, 5.41) is 2.89. The van der Waals surface area contributed by atoms with Gasteiger partial charge in [0, 0.05) is 44.4 Å². The highest BCUT2D eigenvalue weighted by molar-refractivity contribution is 5.94. The lowest BCUT2D eigenvalue weighted by molar-refractivity contribution is -0.122. The fraction of sp³-hybridized carbons (Fsp3) is 0.391. The first-order valence-corrected chi connectivity index (χ1v) is 10.3. The summed E-state index contributed by atoms with van der Waals surface area (Å²) in [6, 6.07) is 9.45. The summed E-state index contributed by atoms with van der Waals surface area (Å²) in [6.07, 6.45) is 0. The minimum atomic E-state index is -0.523. The molecule has 0 aliphatic carbocycles. The summed E-state index contributed by atoms with van der Waals surface area (Å²) in [6.45, 7) is 2.42. The van der Waals surface area contributed by atoms with Crippen LogP contribution >= 0.6 is 0 Å². The van der Waals surface area contributed by atoms with Gasteiger partial charge in [-0.15, -0.1) is 0 Å². The number of nitrogens with zero attached hydrogens (tertiary/aromatic N) is 2. The third kappa shape index (κ3) is 5.47. The van der Waals surface area contributed by atoms with Crippen molar-refractivity contribution < 1.29 is 28.2 Å². The Bertz CT molecular complexity index is 961. The molecule has 0 aromatic heterocycles. The van der Waals surface area contributed by atoms with Gasteiger partial charge >= 0.3 is 0 Å². The van der Waals surface area contributed by atoms with Crippen LogP contribution in [0.4, 0.5) is 4.39 Å². The first kappa shape index (κ1) is 23.3. The Morgan fingerprint density at radius 1 is 0.938 bits per heavy atom. The maximum Gasteiger partial charge on any atom is 0.256 e. The van der Waals surface area contributed by atoms with E-state index in [1.54, 1.807) is 50.5 Å². The Morgan fingerprint density at radius 2 is 1.56 bits per heavy atom. The number of hydrogen-bond donors (Lipinski definition) is 1. The largest absolute Gasteiger partial charge is 0.496 e. The van der Waals surface area contributed by atoms with Crippen LogP contribution in [0.5, 0.6) is 17.2 Å². The van der Waals surface area contributed by atoms with Crippen molar-refractivity contribution in [3.05, 3.63) is 53.3 Å². The van der Waals surface area contributed by atoms with Gasteiger partial charge in [-0.05, 0) is 18.2 Å². The molecule has 0 spiro atoms. The third-order valence-electron chi connectivity index (χ3n) is 5.39. The summed E-state index contributed by atoms with van der Waals surface area (Å²) in [7, 11) is 4.64. The number of piperazine rings is 1. The molecular weight excluding hydrogens is 417 g/mol. The molecule has 2 aromatic carbocycles. The number of amides is 2. The van der Waals surface area contributed by atoms with Crippen molar-refractivity contribution >= 4 is 11.8 Å². The Kier molecular flexibility index (Phi) is 7.88.